The molecule has 3 rings (SSSR count). The van der Waals surface area contributed by atoms with E-state index in [0.29, 0.717) is 17.6 Å². The Morgan fingerprint density at radius 1 is 1.30 bits per heavy atom. The van der Waals surface area contributed by atoms with E-state index < -0.39 is 0 Å². The van der Waals surface area contributed by atoms with Crippen molar-refractivity contribution in [1.29, 1.82) is 0 Å². The van der Waals surface area contributed by atoms with Gasteiger partial charge < -0.3 is 15.7 Å². The van der Waals surface area contributed by atoms with Crippen molar-refractivity contribution in [3.63, 3.8) is 0 Å². The molecular weight excluding hydrogens is 255 g/mol. The van der Waals surface area contributed by atoms with Gasteiger partial charge in [0.15, 0.2) is 0 Å². The van der Waals surface area contributed by atoms with Crippen molar-refractivity contribution in [3.05, 3.63) is 29.1 Å². The van der Waals surface area contributed by atoms with Crippen LogP contribution in [0.2, 0.25) is 0 Å². The molecule has 3 nitrogen and oxygen atoms in total. The predicted octanol–water partition coefficient (Wildman–Crippen LogP) is 2.65. The molecule has 1 aromatic carbocycles. The molecule has 3 atom stereocenters. The first-order valence-corrected chi connectivity index (χ1v) is 7.49. The second-order valence-corrected chi connectivity index (χ2v) is 6.37. The average Bonchev–Trinajstić information content (AvgIpc) is 2.64. The Morgan fingerprint density at radius 3 is 2.45 bits per heavy atom. The Bertz CT molecular complexity index is 503. The maximum absolute atomic E-state index is 13.8. The third-order valence-electron chi connectivity index (χ3n) is 4.78. The van der Waals surface area contributed by atoms with Crippen LogP contribution in [0.25, 0.3) is 0 Å². The van der Waals surface area contributed by atoms with E-state index >= 15 is 0 Å². The summed E-state index contributed by atoms with van der Waals surface area (Å²) in [5.41, 5.74) is 8.64. The molecule has 20 heavy (non-hydrogen) atoms. The molecule has 0 amide bonds. The minimum Gasteiger partial charge on any atom is -0.393 e. The molecule has 4 heteroatoms. The van der Waals surface area contributed by atoms with Gasteiger partial charge in [0.1, 0.15) is 5.82 Å². The molecular formula is C16H23FN2O. The zero-order valence-corrected chi connectivity index (χ0v) is 12.1. The molecule has 0 radical (unpaired) electrons. The third-order valence-corrected chi connectivity index (χ3v) is 4.78. The van der Waals surface area contributed by atoms with E-state index in [-0.39, 0.29) is 18.0 Å². The van der Waals surface area contributed by atoms with Crippen LogP contribution in [0, 0.1) is 12.7 Å². The molecule has 0 saturated carbocycles. The van der Waals surface area contributed by atoms with Gasteiger partial charge in [-0.2, -0.15) is 0 Å². The van der Waals surface area contributed by atoms with E-state index in [4.69, 9.17) is 5.73 Å². The van der Waals surface area contributed by atoms with Crippen LogP contribution in [0.3, 0.4) is 0 Å². The normalized spacial score (nSPS) is 30.6. The lowest BCUT2D eigenvalue weighted by Crippen LogP contribution is -2.45. The standard InChI is InChI=1S/C16H23FN2O/c1-9-5-16(14(10(2)18)8-15(9)17)19-11-3-4-12(19)7-13(20)6-11/h5,8,10-13,20H,3-4,6-7,18H2,1-2H3/t10-,11?,12?,13?/m1/s1. The van der Waals surface area contributed by atoms with Gasteiger partial charge in [-0.25, -0.2) is 4.39 Å². The Morgan fingerprint density at radius 2 is 1.90 bits per heavy atom. The van der Waals surface area contributed by atoms with Crippen LogP contribution in [0.1, 0.15) is 49.8 Å². The molecule has 2 bridgehead atoms. The Balaban J connectivity index is 2.04. The van der Waals surface area contributed by atoms with E-state index in [1.807, 2.05) is 13.0 Å². The number of rotatable bonds is 2. The van der Waals surface area contributed by atoms with Gasteiger partial charge in [0.2, 0.25) is 0 Å². The van der Waals surface area contributed by atoms with E-state index in [1.165, 1.54) is 0 Å². The Kier molecular flexibility index (Phi) is 3.46. The summed E-state index contributed by atoms with van der Waals surface area (Å²) in [4.78, 5) is 2.39. The van der Waals surface area contributed by atoms with Gasteiger partial charge >= 0.3 is 0 Å². The molecule has 2 unspecified atom stereocenters. The number of fused-ring (bicyclic) bond motifs is 2. The number of hydrogen-bond donors (Lipinski definition) is 2. The average molecular weight is 278 g/mol. The number of piperidine rings is 1. The van der Waals surface area contributed by atoms with Crippen molar-refractivity contribution in [2.24, 2.45) is 5.73 Å². The Hall–Kier alpha value is -1.13. The van der Waals surface area contributed by atoms with E-state index in [1.54, 1.807) is 13.0 Å². The van der Waals surface area contributed by atoms with Gasteiger partial charge in [-0.1, -0.05) is 0 Å². The maximum atomic E-state index is 13.8. The zero-order valence-electron chi connectivity index (χ0n) is 12.1. The third kappa shape index (κ3) is 2.21. The lowest BCUT2D eigenvalue weighted by molar-refractivity contribution is 0.126. The number of aliphatic hydroxyl groups excluding tert-OH is 1. The summed E-state index contributed by atoms with van der Waals surface area (Å²) in [6.07, 6.45) is 3.65. The van der Waals surface area contributed by atoms with E-state index in [0.717, 1.165) is 36.9 Å². The van der Waals surface area contributed by atoms with Crippen molar-refractivity contribution in [2.75, 3.05) is 4.90 Å². The van der Waals surface area contributed by atoms with Gasteiger partial charge in [0, 0.05) is 23.8 Å². The molecule has 1 aromatic rings. The Labute approximate surface area is 119 Å². The first-order valence-electron chi connectivity index (χ1n) is 7.49. The van der Waals surface area contributed by atoms with Gasteiger partial charge in [0.25, 0.3) is 0 Å². The molecule has 0 spiro atoms. The van der Waals surface area contributed by atoms with E-state index in [2.05, 4.69) is 4.90 Å². The monoisotopic (exact) mass is 278 g/mol. The van der Waals surface area contributed by atoms with Crippen LogP contribution in [0.15, 0.2) is 12.1 Å². The van der Waals surface area contributed by atoms with Crippen LogP contribution in [-0.2, 0) is 0 Å². The molecule has 0 aromatic heterocycles. The number of anilines is 1. The largest absolute Gasteiger partial charge is 0.393 e. The van der Waals surface area contributed by atoms with Gasteiger partial charge in [-0.05, 0) is 62.8 Å². The van der Waals surface area contributed by atoms with Crippen LogP contribution >= 0.6 is 0 Å². The summed E-state index contributed by atoms with van der Waals surface area (Å²) in [6.45, 7) is 3.69. The lowest BCUT2D eigenvalue weighted by atomic mass is 9.95. The van der Waals surface area contributed by atoms with Gasteiger partial charge in [-0.3, -0.25) is 0 Å². The summed E-state index contributed by atoms with van der Waals surface area (Å²) in [5.74, 6) is -0.189. The molecule has 110 valence electrons. The highest BCUT2D eigenvalue weighted by molar-refractivity contribution is 5.59. The fourth-order valence-electron chi connectivity index (χ4n) is 3.81. The quantitative estimate of drug-likeness (QED) is 0.874. The molecule has 2 heterocycles. The SMILES string of the molecule is Cc1cc(N2C3CCC2CC(O)C3)c([C@@H](C)N)cc1F. The molecule has 0 aliphatic carbocycles. The first kappa shape index (κ1) is 13.8. The first-order chi connectivity index (χ1) is 9.47. The van der Waals surface area contributed by atoms with E-state index in [9.17, 15) is 9.50 Å². The van der Waals surface area contributed by atoms with Crippen molar-refractivity contribution in [3.8, 4) is 0 Å². The number of aliphatic hydroxyl groups is 1. The fourth-order valence-corrected chi connectivity index (χ4v) is 3.81. The number of aryl methyl sites for hydroxylation is 1. The molecule has 3 N–H and O–H groups in total. The van der Waals surface area contributed by atoms with Crippen LogP contribution in [0.4, 0.5) is 10.1 Å². The molecule has 2 fully saturated rings. The minimum absolute atomic E-state index is 0.189. The van der Waals surface area contributed by atoms with Crippen molar-refractivity contribution < 1.29 is 9.50 Å². The fraction of sp³-hybridized carbons (Fsp3) is 0.625. The summed E-state index contributed by atoms with van der Waals surface area (Å²) in [7, 11) is 0. The number of nitrogens with two attached hydrogens (primary N) is 1. The van der Waals surface area contributed by atoms with Crippen molar-refractivity contribution in [1.82, 2.24) is 0 Å². The van der Waals surface area contributed by atoms with Crippen molar-refractivity contribution in [2.45, 2.75) is 63.8 Å². The zero-order chi connectivity index (χ0) is 14.4. The molecule has 2 aliphatic rings. The van der Waals surface area contributed by atoms with Gasteiger partial charge in [0.05, 0.1) is 6.10 Å². The van der Waals surface area contributed by atoms with Gasteiger partial charge in [-0.15, -0.1) is 0 Å². The number of hydrogen-bond acceptors (Lipinski definition) is 3. The number of nitrogens with zero attached hydrogens (tertiary/aromatic N) is 1. The molecule has 2 aliphatic heterocycles. The van der Waals surface area contributed by atoms with Crippen LogP contribution < -0.4 is 10.6 Å². The summed E-state index contributed by atoms with van der Waals surface area (Å²) >= 11 is 0. The maximum Gasteiger partial charge on any atom is 0.126 e. The topological polar surface area (TPSA) is 49.5 Å². The highest BCUT2D eigenvalue weighted by Crippen LogP contribution is 2.42. The molecule has 2 saturated heterocycles. The predicted molar refractivity (Wildman–Crippen MR) is 78.3 cm³/mol. The number of benzene rings is 1. The second-order valence-electron chi connectivity index (χ2n) is 6.37. The highest BCUT2D eigenvalue weighted by atomic mass is 19.1. The number of halogens is 1. The van der Waals surface area contributed by atoms with Crippen LogP contribution in [-0.4, -0.2) is 23.3 Å². The lowest BCUT2D eigenvalue weighted by Gasteiger charge is -2.40. The summed E-state index contributed by atoms with van der Waals surface area (Å²) in [6, 6.07) is 4.06. The highest BCUT2D eigenvalue weighted by Gasteiger charge is 2.41. The minimum atomic E-state index is -0.191. The summed E-state index contributed by atoms with van der Waals surface area (Å²) in [5, 5.41) is 9.92. The second kappa shape index (κ2) is 5.01. The smallest absolute Gasteiger partial charge is 0.126 e. The summed E-state index contributed by atoms with van der Waals surface area (Å²) < 4.78 is 13.8. The van der Waals surface area contributed by atoms with Crippen LogP contribution in [0.5, 0.6) is 0 Å². The van der Waals surface area contributed by atoms with Crippen molar-refractivity contribution >= 4 is 5.69 Å².